The van der Waals surface area contributed by atoms with Gasteiger partial charge in [-0.25, -0.2) is 0 Å². The maximum Gasteiger partial charge on any atom is 0.308 e. The molecule has 0 bridgehead atoms. The maximum absolute atomic E-state index is 13.5. The molecule has 1 amide bonds. The van der Waals surface area contributed by atoms with E-state index in [9.17, 15) is 9.59 Å². The lowest BCUT2D eigenvalue weighted by atomic mass is 9.88. The Hall–Kier alpha value is -2.74. The van der Waals surface area contributed by atoms with Crippen LogP contribution in [0, 0.1) is 0 Å². The van der Waals surface area contributed by atoms with E-state index in [0.29, 0.717) is 26.2 Å². The first-order chi connectivity index (χ1) is 17.1. The van der Waals surface area contributed by atoms with Crippen LogP contribution < -0.4 is 5.73 Å². The van der Waals surface area contributed by atoms with Crippen LogP contribution in [0.2, 0.25) is 0 Å². The molecule has 0 aliphatic heterocycles. The van der Waals surface area contributed by atoms with E-state index in [1.54, 1.807) is 25.7 Å². The lowest BCUT2D eigenvalue weighted by molar-refractivity contribution is -0.162. The molecule has 0 spiro atoms. The summed E-state index contributed by atoms with van der Waals surface area (Å²) >= 11 is 0. The molecule has 0 aliphatic rings. The number of amides is 1. The van der Waals surface area contributed by atoms with Crippen molar-refractivity contribution in [1.82, 2.24) is 4.90 Å². The second-order valence-corrected chi connectivity index (χ2v) is 9.68. The molecule has 36 heavy (non-hydrogen) atoms. The summed E-state index contributed by atoms with van der Waals surface area (Å²) in [5.41, 5.74) is 7.90. The molecule has 198 valence electrons. The van der Waals surface area contributed by atoms with E-state index >= 15 is 0 Å². The van der Waals surface area contributed by atoms with E-state index in [1.165, 1.54) is 11.1 Å². The molecule has 0 fully saturated rings. The number of nitrogens with two attached hydrogens (primary N) is 1. The van der Waals surface area contributed by atoms with Gasteiger partial charge in [-0.3, -0.25) is 9.59 Å². The van der Waals surface area contributed by atoms with Gasteiger partial charge in [-0.05, 0) is 52.2 Å². The van der Waals surface area contributed by atoms with Crippen LogP contribution in [0.15, 0.2) is 60.7 Å². The predicted molar refractivity (Wildman–Crippen MR) is 141 cm³/mol. The van der Waals surface area contributed by atoms with Gasteiger partial charge in [0.2, 0.25) is 5.91 Å². The Morgan fingerprint density at radius 2 is 1.39 bits per heavy atom. The van der Waals surface area contributed by atoms with Crippen LogP contribution in [-0.2, 0) is 23.8 Å². The van der Waals surface area contributed by atoms with E-state index in [-0.39, 0.29) is 24.8 Å². The van der Waals surface area contributed by atoms with E-state index in [0.717, 1.165) is 0 Å². The summed E-state index contributed by atoms with van der Waals surface area (Å²) in [7, 11) is 0. The maximum atomic E-state index is 13.5. The zero-order valence-corrected chi connectivity index (χ0v) is 22.3. The van der Waals surface area contributed by atoms with Gasteiger partial charge in [0.05, 0.1) is 19.0 Å². The van der Waals surface area contributed by atoms with Crippen LogP contribution in [0.1, 0.15) is 64.5 Å². The third-order valence-electron chi connectivity index (χ3n) is 5.60. The summed E-state index contributed by atoms with van der Waals surface area (Å²) in [4.78, 5) is 27.4. The lowest BCUT2D eigenvalue weighted by Crippen LogP contribution is -2.49. The number of ether oxygens (including phenoxy) is 3. The number of rotatable bonds is 14. The average Bonchev–Trinajstić information content (AvgIpc) is 2.83. The minimum Gasteiger partial charge on any atom is -0.460 e. The van der Waals surface area contributed by atoms with Gasteiger partial charge >= 0.3 is 5.97 Å². The molecular formula is C29H42N2O5. The van der Waals surface area contributed by atoms with Crippen molar-refractivity contribution < 1.29 is 23.8 Å². The number of benzene rings is 2. The van der Waals surface area contributed by atoms with Crippen LogP contribution in [0.3, 0.4) is 0 Å². The van der Waals surface area contributed by atoms with Crippen LogP contribution in [0.25, 0.3) is 0 Å². The number of hydrogen-bond donors (Lipinski definition) is 1. The van der Waals surface area contributed by atoms with Crippen LogP contribution in [0.4, 0.5) is 0 Å². The molecule has 0 saturated heterocycles. The summed E-state index contributed by atoms with van der Waals surface area (Å²) in [6.07, 6.45) is -0.102. The van der Waals surface area contributed by atoms with Gasteiger partial charge in [-0.15, -0.1) is 0 Å². The molecule has 2 aromatic rings. The van der Waals surface area contributed by atoms with Gasteiger partial charge in [0.25, 0.3) is 0 Å². The Balaban J connectivity index is 2.24. The summed E-state index contributed by atoms with van der Waals surface area (Å²) in [5, 5.41) is 0. The van der Waals surface area contributed by atoms with Crippen molar-refractivity contribution in [3.63, 3.8) is 0 Å². The van der Waals surface area contributed by atoms with Gasteiger partial charge in [0, 0.05) is 25.7 Å². The van der Waals surface area contributed by atoms with E-state index < -0.39 is 23.9 Å². The van der Waals surface area contributed by atoms with Crippen LogP contribution >= 0.6 is 0 Å². The Morgan fingerprint density at radius 3 is 1.83 bits per heavy atom. The number of carbonyl (C=O) groups excluding carboxylic acids is 2. The highest BCUT2D eigenvalue weighted by Crippen LogP contribution is 2.28. The van der Waals surface area contributed by atoms with Gasteiger partial charge in [-0.1, -0.05) is 60.7 Å². The molecule has 0 aromatic heterocycles. The monoisotopic (exact) mass is 498 g/mol. The highest BCUT2D eigenvalue weighted by molar-refractivity contribution is 5.86. The third kappa shape index (κ3) is 10.1. The molecule has 2 N–H and O–H groups in total. The second-order valence-electron chi connectivity index (χ2n) is 9.68. The molecule has 0 saturated carbocycles. The molecule has 1 unspecified atom stereocenters. The van der Waals surface area contributed by atoms with Crippen molar-refractivity contribution in [2.75, 3.05) is 26.3 Å². The fraction of sp³-hybridized carbons (Fsp3) is 0.517. The van der Waals surface area contributed by atoms with Crippen LogP contribution in [-0.4, -0.2) is 61.0 Å². The van der Waals surface area contributed by atoms with Gasteiger partial charge in [0.1, 0.15) is 5.60 Å². The van der Waals surface area contributed by atoms with Crippen molar-refractivity contribution in [1.29, 1.82) is 0 Å². The minimum absolute atomic E-state index is 0.0856. The third-order valence-corrected chi connectivity index (χ3v) is 5.60. The van der Waals surface area contributed by atoms with Gasteiger partial charge in [-0.2, -0.15) is 0 Å². The Kier molecular flexibility index (Phi) is 12.1. The zero-order valence-electron chi connectivity index (χ0n) is 22.3. The molecule has 0 radical (unpaired) electrons. The molecule has 7 heteroatoms. The fourth-order valence-electron chi connectivity index (χ4n) is 4.06. The number of nitrogens with zero attached hydrogens (tertiary/aromatic N) is 1. The quantitative estimate of drug-likeness (QED) is 0.305. The van der Waals surface area contributed by atoms with Crippen molar-refractivity contribution in [3.8, 4) is 0 Å². The van der Waals surface area contributed by atoms with E-state index in [2.05, 4.69) is 24.3 Å². The molecule has 7 nitrogen and oxygen atoms in total. The Morgan fingerprint density at radius 1 is 0.889 bits per heavy atom. The van der Waals surface area contributed by atoms with Gasteiger partial charge in [0.15, 0.2) is 6.29 Å². The van der Waals surface area contributed by atoms with Crippen molar-refractivity contribution in [3.05, 3.63) is 71.8 Å². The highest BCUT2D eigenvalue weighted by atomic mass is 16.7. The molecule has 2 aromatic carbocycles. The molecule has 1 atom stereocenters. The smallest absolute Gasteiger partial charge is 0.308 e. The zero-order chi connectivity index (χ0) is 26.6. The molecule has 0 heterocycles. The average molecular weight is 499 g/mol. The summed E-state index contributed by atoms with van der Waals surface area (Å²) in [6, 6.07) is 19.4. The first kappa shape index (κ1) is 29.5. The van der Waals surface area contributed by atoms with Crippen LogP contribution in [0.5, 0.6) is 0 Å². The number of carbonyl (C=O) groups is 2. The number of hydrogen-bond acceptors (Lipinski definition) is 6. The van der Waals surface area contributed by atoms with Crippen molar-refractivity contribution in [2.45, 2.75) is 71.3 Å². The first-order valence-electron chi connectivity index (χ1n) is 12.7. The van der Waals surface area contributed by atoms with Gasteiger partial charge < -0.3 is 24.8 Å². The first-order valence-corrected chi connectivity index (χ1v) is 12.7. The minimum atomic E-state index is -1.02. The predicted octanol–water partition coefficient (Wildman–Crippen LogP) is 4.50. The molecule has 0 aliphatic carbocycles. The fourth-order valence-corrected chi connectivity index (χ4v) is 4.06. The van der Waals surface area contributed by atoms with Crippen molar-refractivity contribution in [2.24, 2.45) is 5.73 Å². The summed E-state index contributed by atoms with van der Waals surface area (Å²) in [5.74, 6) is -0.742. The highest BCUT2D eigenvalue weighted by Gasteiger charge is 2.29. The number of esters is 1. The topological polar surface area (TPSA) is 91.1 Å². The molecular weight excluding hydrogens is 456 g/mol. The Bertz CT molecular complexity index is 869. The largest absolute Gasteiger partial charge is 0.460 e. The Labute approximate surface area is 215 Å². The summed E-state index contributed by atoms with van der Waals surface area (Å²) < 4.78 is 16.8. The van der Waals surface area contributed by atoms with E-state index in [1.807, 2.05) is 50.2 Å². The second kappa shape index (κ2) is 14.7. The standard InChI is InChI=1S/C29H42N2O5/c1-6-34-27(35-7-2)21-31(28(33)25(30)20-26(32)36-29(3,4)5)19-18-24(22-14-10-8-11-15-22)23-16-12-9-13-17-23/h8-17,24-25,27H,6-7,18-21,30H2,1-5H3. The SMILES string of the molecule is CCOC(CN(CCC(c1ccccc1)c1ccccc1)C(=O)C(N)CC(=O)OC(C)(C)C)OCC. The van der Waals surface area contributed by atoms with Crippen molar-refractivity contribution >= 4 is 11.9 Å². The molecule has 2 rings (SSSR count). The summed E-state index contributed by atoms with van der Waals surface area (Å²) in [6.45, 7) is 10.7. The lowest BCUT2D eigenvalue weighted by Gasteiger charge is -2.31. The normalized spacial score (nSPS) is 12.6. The van der Waals surface area contributed by atoms with E-state index in [4.69, 9.17) is 19.9 Å².